The van der Waals surface area contributed by atoms with Gasteiger partial charge in [0.15, 0.2) is 0 Å². The maximum atomic E-state index is 5.66. The molecule has 1 rings (SSSR count). The fourth-order valence-electron chi connectivity index (χ4n) is 1.72. The maximum absolute atomic E-state index is 5.66. The second-order valence-electron chi connectivity index (χ2n) is 4.95. The van der Waals surface area contributed by atoms with Crippen molar-refractivity contribution < 1.29 is 9.47 Å². The van der Waals surface area contributed by atoms with E-state index in [4.69, 9.17) is 9.47 Å². The molecule has 78 valence electrons. The molecule has 2 atom stereocenters. The fourth-order valence-corrected chi connectivity index (χ4v) is 3.26. The monoisotopic (exact) mass is 202 g/mol. The number of hydrogen-bond acceptors (Lipinski definition) is 2. The van der Waals surface area contributed by atoms with E-state index >= 15 is 0 Å². The summed E-state index contributed by atoms with van der Waals surface area (Å²) in [6, 6.07) is 0. The van der Waals surface area contributed by atoms with E-state index in [2.05, 4.69) is 26.6 Å². The largest absolute Gasteiger partial charge is 0.355 e. The zero-order valence-electron chi connectivity index (χ0n) is 9.30. The van der Waals surface area contributed by atoms with Crippen LogP contribution >= 0.6 is 0 Å². The molecular formula is C10H22O2Si. The van der Waals surface area contributed by atoms with Crippen LogP contribution in [0.2, 0.25) is 19.6 Å². The van der Waals surface area contributed by atoms with Crippen LogP contribution in [0.1, 0.15) is 26.2 Å². The smallest absolute Gasteiger partial charge is 0.147 e. The Hall–Kier alpha value is 0.137. The first-order valence-electron chi connectivity index (χ1n) is 5.27. The molecule has 0 aliphatic carbocycles. The lowest BCUT2D eigenvalue weighted by Gasteiger charge is -2.36. The van der Waals surface area contributed by atoms with Crippen molar-refractivity contribution in [1.82, 2.24) is 0 Å². The lowest BCUT2D eigenvalue weighted by atomic mass is 10.1. The average molecular weight is 202 g/mol. The highest BCUT2D eigenvalue weighted by Crippen LogP contribution is 2.24. The molecule has 0 amide bonds. The molecule has 3 heteroatoms. The van der Waals surface area contributed by atoms with Crippen molar-refractivity contribution in [2.24, 2.45) is 0 Å². The molecule has 0 aromatic rings. The highest BCUT2D eigenvalue weighted by atomic mass is 28.3. The predicted molar refractivity (Wildman–Crippen MR) is 57.5 cm³/mol. The third-order valence-electron chi connectivity index (χ3n) is 2.63. The summed E-state index contributed by atoms with van der Waals surface area (Å²) in [5.74, 6) is 0. The van der Waals surface area contributed by atoms with Crippen LogP contribution in [0.5, 0.6) is 0 Å². The zero-order valence-corrected chi connectivity index (χ0v) is 10.3. The average Bonchev–Trinajstić information content (AvgIpc) is 2.04. The molecule has 0 radical (unpaired) electrons. The molecule has 2 nitrogen and oxygen atoms in total. The van der Waals surface area contributed by atoms with E-state index in [0.717, 1.165) is 6.42 Å². The molecule has 1 aliphatic heterocycles. The minimum atomic E-state index is -1.13. The molecule has 0 unspecified atom stereocenters. The molecule has 1 fully saturated rings. The van der Waals surface area contributed by atoms with E-state index in [1.54, 1.807) is 0 Å². The third kappa shape index (κ3) is 3.41. The van der Waals surface area contributed by atoms with E-state index in [9.17, 15) is 0 Å². The first kappa shape index (κ1) is 11.2. The van der Waals surface area contributed by atoms with Crippen LogP contribution < -0.4 is 0 Å². The number of hydrogen-bond donors (Lipinski definition) is 0. The lowest BCUT2D eigenvalue weighted by Crippen LogP contribution is -2.46. The van der Waals surface area contributed by atoms with Crippen molar-refractivity contribution in [3.05, 3.63) is 0 Å². The van der Waals surface area contributed by atoms with Gasteiger partial charge in [-0.2, -0.15) is 0 Å². The minimum Gasteiger partial charge on any atom is -0.355 e. The molecule has 1 aliphatic rings. The Balaban J connectivity index is 2.42. The molecule has 13 heavy (non-hydrogen) atoms. The summed E-state index contributed by atoms with van der Waals surface area (Å²) in [7, 11) is -1.13. The Bertz CT molecular complexity index is 151. The van der Waals surface area contributed by atoms with Gasteiger partial charge in [-0.1, -0.05) is 33.0 Å². The van der Waals surface area contributed by atoms with Crippen LogP contribution in [0, 0.1) is 0 Å². The summed E-state index contributed by atoms with van der Waals surface area (Å²) in [6.45, 7) is 9.83. The van der Waals surface area contributed by atoms with Crippen molar-refractivity contribution in [2.75, 3.05) is 6.79 Å². The summed E-state index contributed by atoms with van der Waals surface area (Å²) in [5, 5.41) is 0. The van der Waals surface area contributed by atoms with Crippen molar-refractivity contribution in [1.29, 1.82) is 0 Å². The first-order chi connectivity index (χ1) is 6.04. The van der Waals surface area contributed by atoms with Crippen molar-refractivity contribution in [3.8, 4) is 0 Å². The van der Waals surface area contributed by atoms with Gasteiger partial charge in [0.1, 0.15) is 6.79 Å². The Kier molecular flexibility index (Phi) is 3.95. The molecule has 0 saturated carbocycles. The van der Waals surface area contributed by atoms with E-state index < -0.39 is 8.07 Å². The van der Waals surface area contributed by atoms with Crippen LogP contribution in [-0.4, -0.2) is 26.7 Å². The molecule has 0 N–H and O–H groups in total. The molecule has 0 spiro atoms. The van der Waals surface area contributed by atoms with Crippen LogP contribution in [0.25, 0.3) is 0 Å². The summed E-state index contributed by atoms with van der Waals surface area (Å²) >= 11 is 0. The molecule has 0 aromatic heterocycles. The van der Waals surface area contributed by atoms with Gasteiger partial charge in [-0.3, -0.25) is 0 Å². The van der Waals surface area contributed by atoms with E-state index in [0.29, 0.717) is 18.6 Å². The zero-order chi connectivity index (χ0) is 9.90. The van der Waals surface area contributed by atoms with Gasteiger partial charge in [-0.05, 0) is 12.8 Å². The van der Waals surface area contributed by atoms with Crippen molar-refractivity contribution in [2.45, 2.75) is 57.7 Å². The minimum absolute atomic E-state index is 0.454. The summed E-state index contributed by atoms with van der Waals surface area (Å²) in [5.41, 5.74) is 0.498. The van der Waals surface area contributed by atoms with E-state index in [-0.39, 0.29) is 0 Å². The molecule has 0 bridgehead atoms. The van der Waals surface area contributed by atoms with Gasteiger partial charge in [0.25, 0.3) is 0 Å². The van der Waals surface area contributed by atoms with Gasteiger partial charge < -0.3 is 9.47 Å². The Labute approximate surface area is 82.6 Å². The second-order valence-corrected chi connectivity index (χ2v) is 10.3. The van der Waals surface area contributed by atoms with Crippen LogP contribution in [0.4, 0.5) is 0 Å². The Morgan fingerprint density at radius 1 is 1.23 bits per heavy atom. The van der Waals surface area contributed by atoms with Gasteiger partial charge in [-0.25, -0.2) is 0 Å². The standard InChI is InChI=1S/C10H22O2Si/c1-5-6-9-7-10(12-8-11-9)13(2,3)4/h9-10H,5-8H2,1-4H3/t9-,10-/m1/s1. The Morgan fingerprint density at radius 2 is 1.92 bits per heavy atom. The highest BCUT2D eigenvalue weighted by molar-refractivity contribution is 6.77. The van der Waals surface area contributed by atoms with Crippen LogP contribution in [0.15, 0.2) is 0 Å². The van der Waals surface area contributed by atoms with Crippen molar-refractivity contribution >= 4 is 8.07 Å². The van der Waals surface area contributed by atoms with Gasteiger partial charge in [-0.15, -0.1) is 0 Å². The Morgan fingerprint density at radius 3 is 2.46 bits per heavy atom. The van der Waals surface area contributed by atoms with E-state index in [1.165, 1.54) is 12.8 Å². The summed E-state index contributed by atoms with van der Waals surface area (Å²) < 4.78 is 11.2. The van der Waals surface area contributed by atoms with Gasteiger partial charge >= 0.3 is 0 Å². The second kappa shape index (κ2) is 4.58. The first-order valence-corrected chi connectivity index (χ1v) is 8.85. The normalized spacial score (nSPS) is 30.5. The van der Waals surface area contributed by atoms with Gasteiger partial charge in [0.2, 0.25) is 0 Å². The molecule has 1 saturated heterocycles. The maximum Gasteiger partial charge on any atom is 0.147 e. The van der Waals surface area contributed by atoms with Crippen LogP contribution in [0.3, 0.4) is 0 Å². The SMILES string of the molecule is CCC[C@@H]1C[C@@H]([Si](C)(C)C)OCO1. The molecule has 0 aromatic carbocycles. The quantitative estimate of drug-likeness (QED) is 0.655. The predicted octanol–water partition coefficient (Wildman–Crippen LogP) is 2.80. The topological polar surface area (TPSA) is 18.5 Å². The van der Waals surface area contributed by atoms with E-state index in [1.807, 2.05) is 0 Å². The van der Waals surface area contributed by atoms with Crippen molar-refractivity contribution in [3.63, 3.8) is 0 Å². The molecule has 1 heterocycles. The summed E-state index contributed by atoms with van der Waals surface area (Å²) in [6.07, 6.45) is 3.97. The van der Waals surface area contributed by atoms with Crippen LogP contribution in [-0.2, 0) is 9.47 Å². The number of rotatable bonds is 3. The molecular weight excluding hydrogens is 180 g/mol. The summed E-state index contributed by atoms with van der Waals surface area (Å²) in [4.78, 5) is 0. The third-order valence-corrected chi connectivity index (χ3v) is 4.96. The van der Waals surface area contributed by atoms with Gasteiger partial charge in [0, 0.05) is 0 Å². The number of ether oxygens (including phenoxy) is 2. The lowest BCUT2D eigenvalue weighted by molar-refractivity contribution is -0.156. The fraction of sp³-hybridized carbons (Fsp3) is 1.00. The highest BCUT2D eigenvalue weighted by Gasteiger charge is 2.33. The van der Waals surface area contributed by atoms with Gasteiger partial charge in [0.05, 0.1) is 19.9 Å².